The van der Waals surface area contributed by atoms with Crippen LogP contribution in [0.15, 0.2) is 0 Å². The van der Waals surface area contributed by atoms with Crippen molar-refractivity contribution in [1.29, 1.82) is 0 Å². The molecule has 106 valence electrons. The first-order valence-corrected chi connectivity index (χ1v) is 5.39. The van der Waals surface area contributed by atoms with Crippen LogP contribution in [0.5, 0.6) is 0 Å². The maximum Gasteiger partial charge on any atom is 0.344 e. The van der Waals surface area contributed by atoms with Crippen LogP contribution in [0.3, 0.4) is 0 Å². The zero-order valence-electron chi connectivity index (χ0n) is 10.0. The van der Waals surface area contributed by atoms with E-state index in [-0.39, 0.29) is 26.4 Å². The van der Waals surface area contributed by atoms with Gasteiger partial charge >= 0.3 is 11.9 Å². The number of carbonyl (C=O) groups is 2. The Hall–Kier alpha value is -1.22. The molecular formula is C10H18O8. The van der Waals surface area contributed by atoms with Gasteiger partial charge in [-0.3, -0.25) is 0 Å². The fraction of sp³-hybridized carbons (Fsp3) is 0.800. The quantitative estimate of drug-likeness (QED) is 0.405. The third-order valence-corrected chi connectivity index (χ3v) is 1.55. The second-order valence-corrected chi connectivity index (χ2v) is 2.99. The summed E-state index contributed by atoms with van der Waals surface area (Å²) in [6.07, 6.45) is 0. The third-order valence-electron chi connectivity index (χ3n) is 1.55. The number of hydrogen-bond acceptors (Lipinski definition) is 8. The number of esters is 2. The minimum absolute atomic E-state index is 0.0417. The van der Waals surface area contributed by atoms with Gasteiger partial charge in [-0.1, -0.05) is 0 Å². The molecule has 18 heavy (non-hydrogen) atoms. The van der Waals surface area contributed by atoms with Crippen molar-refractivity contribution in [2.75, 3.05) is 52.9 Å². The summed E-state index contributed by atoms with van der Waals surface area (Å²) in [6.45, 7) is 1.25. The van der Waals surface area contributed by atoms with Gasteiger partial charge in [0.1, 0.15) is 0 Å². The molecule has 0 atom stereocenters. The van der Waals surface area contributed by atoms with Gasteiger partial charge in [-0.2, -0.15) is 0 Å². The lowest BCUT2D eigenvalue weighted by molar-refractivity contribution is -0.174. The van der Waals surface area contributed by atoms with Crippen molar-refractivity contribution in [3.63, 3.8) is 0 Å². The van der Waals surface area contributed by atoms with Crippen molar-refractivity contribution in [3.05, 3.63) is 0 Å². The Kier molecular flexibility index (Phi) is 11.4. The average molecular weight is 266 g/mol. The molecule has 1 fully saturated rings. The van der Waals surface area contributed by atoms with E-state index in [9.17, 15) is 9.59 Å². The van der Waals surface area contributed by atoms with Gasteiger partial charge in [0.05, 0.1) is 39.6 Å². The zero-order chi connectivity index (χ0) is 13.6. The summed E-state index contributed by atoms with van der Waals surface area (Å²) in [6, 6.07) is 0. The van der Waals surface area contributed by atoms with E-state index in [1.54, 1.807) is 0 Å². The molecule has 0 spiro atoms. The number of hydrogen-bond donors (Lipinski definition) is 2. The van der Waals surface area contributed by atoms with E-state index in [0.717, 1.165) is 0 Å². The number of aliphatic hydroxyl groups is 2. The molecular weight excluding hydrogens is 248 g/mol. The van der Waals surface area contributed by atoms with E-state index in [4.69, 9.17) is 19.7 Å². The molecule has 0 unspecified atom stereocenters. The van der Waals surface area contributed by atoms with Gasteiger partial charge in [0, 0.05) is 0 Å². The van der Waals surface area contributed by atoms with Crippen LogP contribution in [-0.2, 0) is 28.5 Å². The normalized spacial score (nSPS) is 14.3. The standard InChI is InChI=1S/C6H14O4.C4H4O4/c7-1-3-9-5-6-10-4-2-8;5-3-1-7-4(6)2-8-3/h7-8H,1-6H2;1-2H2. The van der Waals surface area contributed by atoms with E-state index in [2.05, 4.69) is 9.47 Å². The molecule has 8 heteroatoms. The largest absolute Gasteiger partial charge is 0.451 e. The van der Waals surface area contributed by atoms with E-state index >= 15 is 0 Å². The van der Waals surface area contributed by atoms with Gasteiger partial charge in [-0.15, -0.1) is 0 Å². The van der Waals surface area contributed by atoms with Gasteiger partial charge in [0.2, 0.25) is 0 Å². The van der Waals surface area contributed by atoms with Gasteiger partial charge < -0.3 is 29.2 Å². The molecule has 1 aliphatic heterocycles. The van der Waals surface area contributed by atoms with Crippen molar-refractivity contribution < 1.29 is 38.7 Å². The van der Waals surface area contributed by atoms with Crippen LogP contribution < -0.4 is 0 Å². The SMILES string of the molecule is O=C1COC(=O)CO1.OCCOCCOCCO. The van der Waals surface area contributed by atoms with E-state index in [1.165, 1.54) is 0 Å². The number of aliphatic hydroxyl groups excluding tert-OH is 2. The lowest BCUT2D eigenvalue weighted by Crippen LogP contribution is -2.27. The molecule has 8 nitrogen and oxygen atoms in total. The molecule has 1 heterocycles. The topological polar surface area (TPSA) is 112 Å². The molecule has 0 aromatic carbocycles. The molecule has 0 bridgehead atoms. The predicted molar refractivity (Wildman–Crippen MR) is 57.7 cm³/mol. The van der Waals surface area contributed by atoms with Gasteiger partial charge in [-0.25, -0.2) is 9.59 Å². The number of rotatable bonds is 7. The summed E-state index contributed by atoms with van der Waals surface area (Å²) in [7, 11) is 0. The average Bonchev–Trinajstić information content (AvgIpc) is 2.38. The highest BCUT2D eigenvalue weighted by molar-refractivity contribution is 5.82. The molecule has 0 aromatic rings. The summed E-state index contributed by atoms with van der Waals surface area (Å²) in [4.78, 5) is 20.2. The molecule has 0 saturated carbocycles. The van der Waals surface area contributed by atoms with Crippen LogP contribution in [0.25, 0.3) is 0 Å². The second-order valence-electron chi connectivity index (χ2n) is 2.99. The minimum atomic E-state index is -0.482. The Balaban J connectivity index is 0.000000327. The first-order chi connectivity index (χ1) is 8.70. The van der Waals surface area contributed by atoms with Crippen LogP contribution in [0, 0.1) is 0 Å². The van der Waals surface area contributed by atoms with Crippen LogP contribution in [0.4, 0.5) is 0 Å². The van der Waals surface area contributed by atoms with Crippen LogP contribution in [-0.4, -0.2) is 75.0 Å². The molecule has 1 rings (SSSR count). The molecule has 0 radical (unpaired) electrons. The highest BCUT2D eigenvalue weighted by atomic mass is 16.6. The number of ether oxygens (including phenoxy) is 4. The lowest BCUT2D eigenvalue weighted by Gasteiger charge is -2.09. The van der Waals surface area contributed by atoms with Crippen molar-refractivity contribution >= 4 is 11.9 Å². The molecule has 2 N–H and O–H groups in total. The predicted octanol–water partition coefficient (Wildman–Crippen LogP) is -1.91. The summed E-state index contributed by atoms with van der Waals surface area (Å²) in [5.74, 6) is -0.964. The summed E-state index contributed by atoms with van der Waals surface area (Å²) in [5.41, 5.74) is 0. The van der Waals surface area contributed by atoms with Crippen molar-refractivity contribution in [2.45, 2.75) is 0 Å². The van der Waals surface area contributed by atoms with Crippen LogP contribution >= 0.6 is 0 Å². The Morgan fingerprint density at radius 3 is 1.50 bits per heavy atom. The van der Waals surface area contributed by atoms with Gasteiger partial charge in [0.25, 0.3) is 0 Å². The Labute approximate surface area is 104 Å². The molecule has 1 saturated heterocycles. The highest BCUT2D eigenvalue weighted by Gasteiger charge is 2.16. The Bertz CT molecular complexity index is 194. The fourth-order valence-corrected chi connectivity index (χ4v) is 0.813. The monoisotopic (exact) mass is 266 g/mol. The van der Waals surface area contributed by atoms with Crippen molar-refractivity contribution in [3.8, 4) is 0 Å². The first kappa shape index (κ1) is 16.8. The molecule has 0 amide bonds. The third kappa shape index (κ3) is 11.3. The minimum Gasteiger partial charge on any atom is -0.451 e. The van der Waals surface area contributed by atoms with Crippen molar-refractivity contribution in [2.24, 2.45) is 0 Å². The lowest BCUT2D eigenvalue weighted by atomic mass is 10.6. The first-order valence-electron chi connectivity index (χ1n) is 5.39. The summed E-state index contributed by atoms with van der Waals surface area (Å²) < 4.78 is 18.3. The number of cyclic esters (lactones) is 2. The summed E-state index contributed by atoms with van der Waals surface area (Å²) >= 11 is 0. The fourth-order valence-electron chi connectivity index (χ4n) is 0.813. The van der Waals surface area contributed by atoms with Gasteiger partial charge in [-0.05, 0) is 0 Å². The van der Waals surface area contributed by atoms with E-state index in [1.807, 2.05) is 0 Å². The smallest absolute Gasteiger partial charge is 0.344 e. The maximum absolute atomic E-state index is 10.1. The Morgan fingerprint density at radius 1 is 0.833 bits per heavy atom. The molecule has 0 aliphatic carbocycles. The van der Waals surface area contributed by atoms with E-state index < -0.39 is 11.9 Å². The highest BCUT2D eigenvalue weighted by Crippen LogP contribution is 1.90. The molecule has 0 aromatic heterocycles. The van der Waals surface area contributed by atoms with E-state index in [0.29, 0.717) is 26.4 Å². The number of carbonyl (C=O) groups excluding carboxylic acids is 2. The summed E-state index contributed by atoms with van der Waals surface area (Å²) in [5, 5.41) is 16.5. The van der Waals surface area contributed by atoms with Crippen LogP contribution in [0.1, 0.15) is 0 Å². The van der Waals surface area contributed by atoms with Crippen molar-refractivity contribution in [1.82, 2.24) is 0 Å². The van der Waals surface area contributed by atoms with Gasteiger partial charge in [0.15, 0.2) is 13.2 Å². The molecule has 1 aliphatic rings. The van der Waals surface area contributed by atoms with Crippen LogP contribution in [0.2, 0.25) is 0 Å². The zero-order valence-corrected chi connectivity index (χ0v) is 10.0. The second kappa shape index (κ2) is 12.2. The Morgan fingerprint density at radius 2 is 1.22 bits per heavy atom. The maximum atomic E-state index is 10.1.